The minimum atomic E-state index is -1.48. The van der Waals surface area contributed by atoms with Crippen molar-refractivity contribution in [3.8, 4) is 0 Å². The molecule has 2 fully saturated rings. The number of fused-ring (bicyclic) bond motifs is 2. The fraction of sp³-hybridized carbons (Fsp3) is 0.429. The first-order valence-corrected chi connectivity index (χ1v) is 19.8. The smallest absolute Gasteiger partial charge is 0.424 e. The lowest BCUT2D eigenvalue weighted by atomic mass is 10.0. The van der Waals surface area contributed by atoms with E-state index in [-0.39, 0.29) is 85.0 Å². The second-order valence-corrected chi connectivity index (χ2v) is 16.9. The zero-order chi connectivity index (χ0) is 45.6. The summed E-state index contributed by atoms with van der Waals surface area (Å²) in [4.78, 5) is 160. The van der Waals surface area contributed by atoms with Gasteiger partial charge in [0.2, 0.25) is 23.6 Å². The number of likely N-dealkylation sites (tertiary alicyclic amines) is 2. The van der Waals surface area contributed by atoms with Crippen LogP contribution >= 0.6 is 0 Å². The van der Waals surface area contributed by atoms with Gasteiger partial charge in [0, 0.05) is 25.7 Å². The average molecular weight is 857 g/mol. The van der Waals surface area contributed by atoms with E-state index in [1.165, 1.54) is 36.4 Å². The maximum absolute atomic E-state index is 13.7. The number of benzene rings is 2. The molecule has 4 aliphatic heterocycles. The number of carbonyl (C=O) groups is 12. The molecule has 4 aliphatic rings. The van der Waals surface area contributed by atoms with Gasteiger partial charge in [0.1, 0.15) is 23.3 Å². The Morgan fingerprint density at radius 3 is 1.26 bits per heavy atom. The zero-order valence-electron chi connectivity index (χ0n) is 34.8. The van der Waals surface area contributed by atoms with E-state index in [0.29, 0.717) is 19.6 Å². The molecule has 0 aromatic heterocycles. The monoisotopic (exact) mass is 856 g/mol. The molecule has 2 aromatic carbocycles. The average Bonchev–Trinajstić information content (AvgIpc) is 3.57. The summed E-state index contributed by atoms with van der Waals surface area (Å²) in [6.45, 7) is 9.25. The number of hydrogen-bond acceptors (Lipinski definition) is 14. The minimum Gasteiger partial charge on any atom is -0.443 e. The Hall–Kier alpha value is -7.12. The van der Waals surface area contributed by atoms with Crippen LogP contribution in [0.15, 0.2) is 36.4 Å². The molecule has 2 aromatic rings. The van der Waals surface area contributed by atoms with E-state index in [0.717, 1.165) is 0 Å². The predicted octanol–water partition coefficient (Wildman–Crippen LogP) is 3.92. The summed E-state index contributed by atoms with van der Waals surface area (Å²) in [6, 6.07) is 5.36. The van der Waals surface area contributed by atoms with Gasteiger partial charge in [-0.25, -0.2) is 9.59 Å². The number of imide groups is 8. The standard InChI is InChI=1S/C42H44N6O14/c1-41(2,3)61-39(59)47-29(51)19-17-25(35(47)55)45-33(53)21-11-9-13-23(31(21)37(45)57)43-27(49)15-7-8-16-28(50)44-24-14-10-12-22-32(24)38(58)46(34(22)54)26-18-20-30(52)48(36(26)56)40(60)62-42(4,5)6/h9-14,25-26H,7-8,15-20H2,1-6H3,(H,43,49)(H,44,50). The fourth-order valence-corrected chi connectivity index (χ4v) is 7.39. The van der Waals surface area contributed by atoms with Crippen LogP contribution in [-0.4, -0.2) is 114 Å². The first-order chi connectivity index (χ1) is 29.0. The highest BCUT2D eigenvalue weighted by Gasteiger charge is 2.52. The van der Waals surface area contributed by atoms with Crippen molar-refractivity contribution in [2.75, 3.05) is 10.6 Å². The number of amides is 12. The Balaban J connectivity index is 1.04. The molecule has 2 N–H and O–H groups in total. The third kappa shape index (κ3) is 8.70. The van der Waals surface area contributed by atoms with Gasteiger partial charge in [-0.3, -0.25) is 57.7 Å². The lowest BCUT2D eigenvalue weighted by Crippen LogP contribution is -2.58. The molecule has 0 spiro atoms. The van der Waals surface area contributed by atoms with Gasteiger partial charge < -0.3 is 20.1 Å². The van der Waals surface area contributed by atoms with Crippen molar-refractivity contribution in [1.29, 1.82) is 0 Å². The molecule has 20 nitrogen and oxygen atoms in total. The Labute approximate surface area is 354 Å². The Kier molecular flexibility index (Phi) is 12.0. The quantitative estimate of drug-likeness (QED) is 0.268. The molecule has 0 aliphatic carbocycles. The van der Waals surface area contributed by atoms with Crippen molar-refractivity contribution in [1.82, 2.24) is 19.6 Å². The summed E-state index contributed by atoms with van der Waals surface area (Å²) in [5.74, 6) is -8.53. The SMILES string of the molecule is CC(C)(C)OC(=O)N1C(=O)CCC(N2C(=O)c3cccc(NC(=O)CCCCC(=O)Nc4cccc5c4C(=O)N(C4CCC(=O)N(C(=O)OC(C)(C)C)C4=O)C5=O)c3C2=O)C1=O. The number of ether oxygens (including phenoxy) is 2. The van der Waals surface area contributed by atoms with Crippen LogP contribution < -0.4 is 10.6 Å². The molecule has 4 heterocycles. The van der Waals surface area contributed by atoms with Gasteiger partial charge in [-0.1, -0.05) is 12.1 Å². The predicted molar refractivity (Wildman–Crippen MR) is 212 cm³/mol. The molecule has 6 rings (SSSR count). The van der Waals surface area contributed by atoms with Gasteiger partial charge in [0.25, 0.3) is 35.4 Å². The van der Waals surface area contributed by atoms with Crippen molar-refractivity contribution in [2.24, 2.45) is 0 Å². The summed E-state index contributed by atoms with van der Waals surface area (Å²) in [6.07, 6.45) is -3.46. The second kappa shape index (κ2) is 16.7. The minimum absolute atomic E-state index is 0.0142. The first kappa shape index (κ1) is 44.4. The lowest BCUT2D eigenvalue weighted by molar-refractivity contribution is -0.151. The number of unbranched alkanes of at least 4 members (excludes halogenated alkanes) is 1. The topological polar surface area (TPSA) is 260 Å². The summed E-state index contributed by atoms with van der Waals surface area (Å²) in [5.41, 5.74) is -2.67. The van der Waals surface area contributed by atoms with Gasteiger partial charge >= 0.3 is 12.2 Å². The number of anilines is 2. The van der Waals surface area contributed by atoms with Crippen molar-refractivity contribution in [2.45, 2.75) is 116 Å². The van der Waals surface area contributed by atoms with Crippen LogP contribution in [0.5, 0.6) is 0 Å². The number of nitrogens with zero attached hydrogens (tertiary/aromatic N) is 4. The van der Waals surface area contributed by atoms with Crippen LogP contribution in [-0.2, 0) is 38.2 Å². The van der Waals surface area contributed by atoms with E-state index in [9.17, 15) is 57.5 Å². The van der Waals surface area contributed by atoms with Crippen LogP contribution in [0.3, 0.4) is 0 Å². The fourth-order valence-electron chi connectivity index (χ4n) is 7.39. The van der Waals surface area contributed by atoms with Crippen molar-refractivity contribution in [3.05, 3.63) is 58.7 Å². The highest BCUT2D eigenvalue weighted by atomic mass is 16.6. The van der Waals surface area contributed by atoms with Crippen LogP contribution in [0.4, 0.5) is 21.0 Å². The molecule has 326 valence electrons. The number of carbonyl (C=O) groups excluding carboxylic acids is 12. The van der Waals surface area contributed by atoms with Gasteiger partial charge in [0.15, 0.2) is 0 Å². The Morgan fingerprint density at radius 2 is 0.919 bits per heavy atom. The molecule has 2 saturated heterocycles. The van der Waals surface area contributed by atoms with Gasteiger partial charge in [-0.05, 0) is 91.5 Å². The highest BCUT2D eigenvalue weighted by Crippen LogP contribution is 2.36. The lowest BCUT2D eigenvalue weighted by Gasteiger charge is -2.34. The van der Waals surface area contributed by atoms with E-state index in [4.69, 9.17) is 9.47 Å². The Bertz CT molecular complexity index is 2210. The first-order valence-electron chi connectivity index (χ1n) is 19.8. The molecule has 20 heteroatoms. The van der Waals surface area contributed by atoms with E-state index in [1.54, 1.807) is 41.5 Å². The number of hydrogen-bond donors (Lipinski definition) is 2. The third-order valence-corrected chi connectivity index (χ3v) is 10.0. The van der Waals surface area contributed by atoms with Crippen LogP contribution in [0.25, 0.3) is 0 Å². The third-order valence-electron chi connectivity index (χ3n) is 10.0. The number of nitrogens with one attached hydrogen (secondary N) is 2. The largest absolute Gasteiger partial charge is 0.443 e. The molecule has 2 unspecified atom stereocenters. The summed E-state index contributed by atoms with van der Waals surface area (Å²) in [5, 5.41) is 5.20. The van der Waals surface area contributed by atoms with E-state index in [1.807, 2.05) is 0 Å². The molecule has 62 heavy (non-hydrogen) atoms. The molecule has 0 radical (unpaired) electrons. The van der Waals surface area contributed by atoms with Crippen LogP contribution in [0, 0.1) is 0 Å². The summed E-state index contributed by atoms with van der Waals surface area (Å²) in [7, 11) is 0. The maximum atomic E-state index is 13.7. The van der Waals surface area contributed by atoms with Gasteiger partial charge in [-0.2, -0.15) is 9.80 Å². The molecule has 0 saturated carbocycles. The summed E-state index contributed by atoms with van der Waals surface area (Å²) >= 11 is 0. The van der Waals surface area contributed by atoms with E-state index >= 15 is 0 Å². The van der Waals surface area contributed by atoms with E-state index < -0.39 is 94.5 Å². The van der Waals surface area contributed by atoms with Gasteiger partial charge in [0.05, 0.1) is 33.6 Å². The highest BCUT2D eigenvalue weighted by molar-refractivity contribution is 6.28. The molecule has 2 atom stereocenters. The van der Waals surface area contributed by atoms with Gasteiger partial charge in [-0.15, -0.1) is 0 Å². The zero-order valence-corrected chi connectivity index (χ0v) is 34.8. The van der Waals surface area contributed by atoms with Crippen molar-refractivity contribution >= 4 is 82.6 Å². The maximum Gasteiger partial charge on any atom is 0.424 e. The van der Waals surface area contributed by atoms with Crippen molar-refractivity contribution < 1.29 is 67.0 Å². The molecular formula is C42H44N6O14. The van der Waals surface area contributed by atoms with Crippen LogP contribution in [0.2, 0.25) is 0 Å². The molecular weight excluding hydrogens is 812 g/mol. The molecule has 12 amide bonds. The van der Waals surface area contributed by atoms with E-state index in [2.05, 4.69) is 10.6 Å². The number of piperidine rings is 2. The normalized spacial score (nSPS) is 19.2. The molecule has 0 bridgehead atoms. The number of rotatable bonds is 9. The van der Waals surface area contributed by atoms with Crippen molar-refractivity contribution in [3.63, 3.8) is 0 Å². The summed E-state index contributed by atoms with van der Waals surface area (Å²) < 4.78 is 10.4. The Morgan fingerprint density at radius 1 is 0.565 bits per heavy atom. The van der Waals surface area contributed by atoms with Crippen LogP contribution in [0.1, 0.15) is 134 Å². The second-order valence-electron chi connectivity index (χ2n) is 16.9.